The molecule has 2 heteroatoms. The van der Waals surface area contributed by atoms with Crippen molar-refractivity contribution in [1.29, 1.82) is 0 Å². The van der Waals surface area contributed by atoms with Gasteiger partial charge in [0.25, 0.3) is 0 Å². The monoisotopic (exact) mass is 197 g/mol. The average molecular weight is 197 g/mol. The zero-order valence-electron chi connectivity index (χ0n) is 9.66. The van der Waals surface area contributed by atoms with Crippen molar-refractivity contribution in [3.8, 4) is 0 Å². The summed E-state index contributed by atoms with van der Waals surface area (Å²) in [7, 11) is 0. The van der Waals surface area contributed by atoms with Gasteiger partial charge in [0.15, 0.2) is 0 Å². The fourth-order valence-corrected chi connectivity index (χ4v) is 2.84. The van der Waals surface area contributed by atoms with Crippen LogP contribution in [0.2, 0.25) is 0 Å². The lowest BCUT2D eigenvalue weighted by atomic mass is 9.63. The van der Waals surface area contributed by atoms with Crippen molar-refractivity contribution < 1.29 is 5.11 Å². The molecule has 2 fully saturated rings. The lowest BCUT2D eigenvalue weighted by Gasteiger charge is -2.55. The summed E-state index contributed by atoms with van der Waals surface area (Å²) in [4.78, 5) is 2.59. The van der Waals surface area contributed by atoms with Crippen LogP contribution < -0.4 is 0 Å². The molecule has 0 aromatic carbocycles. The molecule has 0 spiro atoms. The molecule has 2 rings (SSSR count). The van der Waals surface area contributed by atoms with E-state index < -0.39 is 0 Å². The number of piperidine rings is 1. The Balaban J connectivity index is 1.91. The minimum atomic E-state index is -0.0770. The SMILES string of the molecule is CC1CCN(C2CC(O)C2(C)C)CC1. The van der Waals surface area contributed by atoms with Crippen LogP contribution in [0.4, 0.5) is 0 Å². The van der Waals surface area contributed by atoms with Gasteiger partial charge in [0.2, 0.25) is 0 Å². The van der Waals surface area contributed by atoms with Gasteiger partial charge in [-0.05, 0) is 38.3 Å². The van der Waals surface area contributed by atoms with Crippen LogP contribution in [-0.2, 0) is 0 Å². The first kappa shape index (κ1) is 10.4. The Labute approximate surface area is 87.3 Å². The number of rotatable bonds is 1. The van der Waals surface area contributed by atoms with Crippen LogP contribution >= 0.6 is 0 Å². The average Bonchev–Trinajstić information content (AvgIpc) is 2.16. The molecule has 1 heterocycles. The van der Waals surface area contributed by atoms with Crippen LogP contribution in [0.25, 0.3) is 0 Å². The van der Waals surface area contributed by atoms with Gasteiger partial charge in [0, 0.05) is 11.5 Å². The van der Waals surface area contributed by atoms with E-state index in [1.165, 1.54) is 25.9 Å². The van der Waals surface area contributed by atoms with E-state index in [0.717, 1.165) is 12.3 Å². The lowest BCUT2D eigenvalue weighted by Crippen LogP contribution is -2.62. The van der Waals surface area contributed by atoms with Crippen molar-refractivity contribution in [2.75, 3.05) is 13.1 Å². The second-order valence-corrected chi connectivity index (χ2v) is 5.81. The minimum Gasteiger partial charge on any atom is -0.392 e. The Morgan fingerprint density at radius 2 is 1.79 bits per heavy atom. The number of hydrogen-bond acceptors (Lipinski definition) is 2. The first-order chi connectivity index (χ1) is 6.51. The molecule has 0 aromatic rings. The first-order valence-electron chi connectivity index (χ1n) is 5.94. The largest absolute Gasteiger partial charge is 0.392 e. The zero-order valence-corrected chi connectivity index (χ0v) is 9.66. The van der Waals surface area contributed by atoms with Crippen molar-refractivity contribution in [2.45, 2.75) is 52.2 Å². The fourth-order valence-electron chi connectivity index (χ4n) is 2.84. The van der Waals surface area contributed by atoms with Crippen molar-refractivity contribution in [2.24, 2.45) is 11.3 Å². The minimum absolute atomic E-state index is 0.0770. The third-order valence-corrected chi connectivity index (χ3v) is 4.42. The Hall–Kier alpha value is -0.0800. The first-order valence-corrected chi connectivity index (χ1v) is 5.94. The Bertz CT molecular complexity index is 206. The van der Waals surface area contributed by atoms with E-state index in [1.807, 2.05) is 0 Å². The molecule has 2 nitrogen and oxygen atoms in total. The van der Waals surface area contributed by atoms with Crippen molar-refractivity contribution in [3.05, 3.63) is 0 Å². The highest BCUT2D eigenvalue weighted by atomic mass is 16.3. The summed E-state index contributed by atoms with van der Waals surface area (Å²) in [6, 6.07) is 0.630. The number of aliphatic hydroxyl groups excluding tert-OH is 1. The molecule has 0 radical (unpaired) electrons. The molecule has 1 aliphatic carbocycles. The molecule has 1 N–H and O–H groups in total. The second kappa shape index (κ2) is 3.49. The standard InChI is InChI=1S/C12H23NO/c1-9-4-6-13(7-5-9)10-8-11(14)12(10,2)3/h9-11,14H,4-8H2,1-3H3. The van der Waals surface area contributed by atoms with Gasteiger partial charge in [-0.1, -0.05) is 20.8 Å². The Kier molecular flexibility index (Phi) is 2.61. The molecule has 0 aromatic heterocycles. The van der Waals surface area contributed by atoms with E-state index in [0.29, 0.717) is 6.04 Å². The van der Waals surface area contributed by atoms with Gasteiger partial charge in [-0.15, -0.1) is 0 Å². The van der Waals surface area contributed by atoms with Gasteiger partial charge in [0.05, 0.1) is 6.10 Å². The zero-order chi connectivity index (χ0) is 10.3. The van der Waals surface area contributed by atoms with E-state index in [1.54, 1.807) is 0 Å². The summed E-state index contributed by atoms with van der Waals surface area (Å²) in [6.45, 7) is 9.22. The highest BCUT2D eigenvalue weighted by Crippen LogP contribution is 2.44. The van der Waals surface area contributed by atoms with E-state index in [9.17, 15) is 5.11 Å². The molecule has 0 bridgehead atoms. The Morgan fingerprint density at radius 1 is 1.21 bits per heavy atom. The van der Waals surface area contributed by atoms with E-state index in [2.05, 4.69) is 25.7 Å². The third-order valence-electron chi connectivity index (χ3n) is 4.42. The number of hydrogen-bond donors (Lipinski definition) is 1. The third kappa shape index (κ3) is 1.59. The van der Waals surface area contributed by atoms with Crippen molar-refractivity contribution in [1.82, 2.24) is 4.90 Å². The second-order valence-electron chi connectivity index (χ2n) is 5.81. The van der Waals surface area contributed by atoms with Crippen molar-refractivity contribution >= 4 is 0 Å². The summed E-state index contributed by atoms with van der Waals surface area (Å²) >= 11 is 0. The van der Waals surface area contributed by atoms with Crippen LogP contribution in [-0.4, -0.2) is 35.2 Å². The lowest BCUT2D eigenvalue weighted by molar-refractivity contribution is -0.125. The topological polar surface area (TPSA) is 23.5 Å². The predicted molar refractivity (Wildman–Crippen MR) is 58.2 cm³/mol. The van der Waals surface area contributed by atoms with E-state index >= 15 is 0 Å². The molecule has 2 atom stereocenters. The van der Waals surface area contributed by atoms with Gasteiger partial charge >= 0.3 is 0 Å². The number of nitrogens with zero attached hydrogens (tertiary/aromatic N) is 1. The van der Waals surface area contributed by atoms with Gasteiger partial charge in [-0.25, -0.2) is 0 Å². The van der Waals surface area contributed by atoms with E-state index in [4.69, 9.17) is 0 Å². The highest BCUT2D eigenvalue weighted by molar-refractivity contribution is 5.03. The van der Waals surface area contributed by atoms with Crippen LogP contribution in [0.3, 0.4) is 0 Å². The molecular weight excluding hydrogens is 174 g/mol. The van der Waals surface area contributed by atoms with Gasteiger partial charge < -0.3 is 5.11 Å². The molecule has 1 aliphatic heterocycles. The predicted octanol–water partition coefficient (Wildman–Crippen LogP) is 1.88. The van der Waals surface area contributed by atoms with Gasteiger partial charge in [0.1, 0.15) is 0 Å². The van der Waals surface area contributed by atoms with Gasteiger partial charge in [-0.3, -0.25) is 4.90 Å². The van der Waals surface area contributed by atoms with Gasteiger partial charge in [-0.2, -0.15) is 0 Å². The van der Waals surface area contributed by atoms with Crippen molar-refractivity contribution in [3.63, 3.8) is 0 Å². The normalized spacial score (nSPS) is 39.4. The molecule has 1 saturated heterocycles. The quantitative estimate of drug-likeness (QED) is 0.694. The van der Waals surface area contributed by atoms with E-state index in [-0.39, 0.29) is 11.5 Å². The molecule has 82 valence electrons. The maximum absolute atomic E-state index is 9.70. The van der Waals surface area contributed by atoms with Crippen LogP contribution in [0.5, 0.6) is 0 Å². The Morgan fingerprint density at radius 3 is 2.21 bits per heavy atom. The summed E-state index contributed by atoms with van der Waals surface area (Å²) in [6.07, 6.45) is 3.58. The highest BCUT2D eigenvalue weighted by Gasteiger charge is 2.50. The molecule has 2 aliphatic rings. The smallest absolute Gasteiger partial charge is 0.0621 e. The molecule has 1 saturated carbocycles. The number of aliphatic hydroxyl groups is 1. The fraction of sp³-hybridized carbons (Fsp3) is 1.00. The van der Waals surface area contributed by atoms with Crippen LogP contribution in [0, 0.1) is 11.3 Å². The molecule has 14 heavy (non-hydrogen) atoms. The van der Waals surface area contributed by atoms with Crippen LogP contribution in [0.15, 0.2) is 0 Å². The maximum atomic E-state index is 9.70. The van der Waals surface area contributed by atoms with Crippen LogP contribution in [0.1, 0.15) is 40.0 Å². The summed E-state index contributed by atoms with van der Waals surface area (Å²) in [5.74, 6) is 0.902. The molecule has 0 amide bonds. The molecule has 2 unspecified atom stereocenters. The number of likely N-dealkylation sites (tertiary alicyclic amines) is 1. The molecular formula is C12H23NO. The summed E-state index contributed by atoms with van der Waals surface area (Å²) in [5, 5.41) is 9.70. The summed E-state index contributed by atoms with van der Waals surface area (Å²) < 4.78 is 0. The maximum Gasteiger partial charge on any atom is 0.0621 e. The summed E-state index contributed by atoms with van der Waals surface area (Å²) in [5.41, 5.74) is 0.126.